The van der Waals surface area contributed by atoms with Gasteiger partial charge in [-0.1, -0.05) is 6.07 Å². The number of hydrogen-bond acceptors (Lipinski definition) is 6. The van der Waals surface area contributed by atoms with E-state index in [4.69, 9.17) is 4.74 Å². The van der Waals surface area contributed by atoms with E-state index < -0.39 is 28.8 Å². The molecule has 3 rings (SSSR count). The zero-order valence-electron chi connectivity index (χ0n) is 16.8. The van der Waals surface area contributed by atoms with Crippen molar-refractivity contribution in [2.24, 2.45) is 0 Å². The lowest BCUT2D eigenvalue weighted by atomic mass is 9.95. The van der Waals surface area contributed by atoms with Crippen LogP contribution in [0.3, 0.4) is 0 Å². The van der Waals surface area contributed by atoms with Crippen molar-refractivity contribution >= 4 is 22.8 Å². The molecule has 5 N–H and O–H groups in total. The molecule has 1 heterocycles. The molecule has 30 heavy (non-hydrogen) atoms. The second-order valence-electron chi connectivity index (χ2n) is 7.98. The molecule has 0 saturated heterocycles. The number of aromatic carboxylic acids is 1. The minimum Gasteiger partial charge on any atom is -0.504 e. The van der Waals surface area contributed by atoms with E-state index in [-0.39, 0.29) is 23.5 Å². The number of fused-ring (bicyclic) bond motifs is 1. The summed E-state index contributed by atoms with van der Waals surface area (Å²) in [5.74, 6) is -3.95. The quantitative estimate of drug-likeness (QED) is 0.315. The van der Waals surface area contributed by atoms with Gasteiger partial charge >= 0.3 is 11.9 Å². The first kappa shape index (κ1) is 21.0. The van der Waals surface area contributed by atoms with Gasteiger partial charge < -0.3 is 30.1 Å². The Balaban J connectivity index is 2.01. The third-order valence-electron chi connectivity index (χ3n) is 4.56. The highest BCUT2D eigenvalue weighted by molar-refractivity contribution is 6.01. The number of carboxylic acids is 1. The van der Waals surface area contributed by atoms with Crippen molar-refractivity contribution < 1.29 is 34.8 Å². The summed E-state index contributed by atoms with van der Waals surface area (Å²) in [6, 6.07) is 5.84. The third-order valence-corrected chi connectivity index (χ3v) is 4.56. The van der Waals surface area contributed by atoms with Crippen molar-refractivity contribution in [3.05, 3.63) is 41.6 Å². The van der Waals surface area contributed by atoms with Crippen molar-refractivity contribution in [2.45, 2.75) is 39.2 Å². The number of aromatic amines is 1. The number of carbonyl (C=O) groups is 2. The molecule has 0 fully saturated rings. The number of nitrogens with one attached hydrogen (secondary N) is 1. The van der Waals surface area contributed by atoms with Gasteiger partial charge in [0.1, 0.15) is 5.60 Å². The highest BCUT2D eigenvalue weighted by atomic mass is 16.6. The summed E-state index contributed by atoms with van der Waals surface area (Å²) in [6.45, 7) is 5.38. The van der Waals surface area contributed by atoms with Gasteiger partial charge in [-0.25, -0.2) is 4.79 Å². The Kier molecular flexibility index (Phi) is 5.35. The number of aryl methyl sites for hydroxylation is 1. The number of hydrogen-bond donors (Lipinski definition) is 5. The van der Waals surface area contributed by atoms with Crippen molar-refractivity contribution in [3.8, 4) is 28.4 Å². The van der Waals surface area contributed by atoms with Gasteiger partial charge in [-0.15, -0.1) is 0 Å². The molecule has 0 aliphatic heterocycles. The fourth-order valence-electron chi connectivity index (χ4n) is 3.28. The molecule has 2 aromatic carbocycles. The number of aromatic hydroxyl groups is 3. The molecule has 0 atom stereocenters. The number of carboxylic acid groups (broad SMARTS) is 1. The van der Waals surface area contributed by atoms with Crippen LogP contribution in [-0.4, -0.2) is 42.9 Å². The van der Waals surface area contributed by atoms with Crippen LogP contribution in [0.2, 0.25) is 0 Å². The predicted molar refractivity (Wildman–Crippen MR) is 110 cm³/mol. The fourth-order valence-corrected chi connectivity index (χ4v) is 3.28. The molecule has 0 spiro atoms. The highest BCUT2D eigenvalue weighted by Crippen LogP contribution is 2.45. The lowest BCUT2D eigenvalue weighted by Gasteiger charge is -2.19. The summed E-state index contributed by atoms with van der Waals surface area (Å²) in [4.78, 5) is 26.7. The average Bonchev–Trinajstić information content (AvgIpc) is 3.05. The van der Waals surface area contributed by atoms with Crippen LogP contribution >= 0.6 is 0 Å². The summed E-state index contributed by atoms with van der Waals surface area (Å²) in [5.41, 5.74) is 0.878. The minimum absolute atomic E-state index is 0.112. The van der Waals surface area contributed by atoms with Gasteiger partial charge in [0.15, 0.2) is 11.5 Å². The number of aromatic nitrogens is 1. The smallest absolute Gasteiger partial charge is 0.336 e. The maximum atomic E-state index is 12.0. The average molecular weight is 413 g/mol. The van der Waals surface area contributed by atoms with Gasteiger partial charge in [0, 0.05) is 29.1 Å². The number of ether oxygens (including phenoxy) is 1. The Morgan fingerprint density at radius 2 is 1.77 bits per heavy atom. The Bertz CT molecular complexity index is 1140. The first-order valence-electron chi connectivity index (χ1n) is 9.31. The van der Waals surface area contributed by atoms with E-state index in [1.807, 2.05) is 0 Å². The Labute approximate surface area is 172 Å². The van der Waals surface area contributed by atoms with E-state index in [0.717, 1.165) is 22.5 Å². The molecule has 0 saturated carbocycles. The summed E-state index contributed by atoms with van der Waals surface area (Å²) in [6.07, 6.45) is 2.32. The van der Waals surface area contributed by atoms with Crippen molar-refractivity contribution in [1.29, 1.82) is 0 Å². The van der Waals surface area contributed by atoms with Crippen LogP contribution in [0, 0.1) is 0 Å². The SMILES string of the molecule is CC(C)(C)OC(=O)CCc1c[nH]c2ccc(-c3c(C(=O)O)cc(O)c(O)c3O)cc12. The van der Waals surface area contributed by atoms with Crippen LogP contribution in [-0.2, 0) is 16.0 Å². The number of esters is 1. The number of benzene rings is 2. The van der Waals surface area contributed by atoms with E-state index in [1.165, 1.54) is 0 Å². The summed E-state index contributed by atoms with van der Waals surface area (Å²) in [7, 11) is 0. The maximum absolute atomic E-state index is 12.0. The molecule has 8 heteroatoms. The monoisotopic (exact) mass is 413 g/mol. The number of phenolic OH excluding ortho intramolecular Hbond substituents is 3. The van der Waals surface area contributed by atoms with Crippen molar-refractivity contribution in [3.63, 3.8) is 0 Å². The van der Waals surface area contributed by atoms with E-state index in [9.17, 15) is 30.0 Å². The van der Waals surface area contributed by atoms with Crippen LogP contribution in [0.15, 0.2) is 30.5 Å². The van der Waals surface area contributed by atoms with Crippen LogP contribution in [0.1, 0.15) is 43.1 Å². The number of H-pyrrole nitrogens is 1. The van der Waals surface area contributed by atoms with Crippen molar-refractivity contribution in [1.82, 2.24) is 4.98 Å². The van der Waals surface area contributed by atoms with Gasteiger partial charge in [-0.2, -0.15) is 0 Å². The standard InChI is InChI=1S/C22H23NO7/c1-22(2,3)30-17(25)7-5-12-10-23-15-6-4-11(8-13(12)15)18-14(21(28)29)9-16(24)19(26)20(18)27/h4,6,8-10,23-24,26-27H,5,7H2,1-3H3,(H,28,29). The fraction of sp³-hybridized carbons (Fsp3) is 0.273. The summed E-state index contributed by atoms with van der Waals surface area (Å²) in [5, 5.41) is 40.0. The summed E-state index contributed by atoms with van der Waals surface area (Å²) < 4.78 is 5.32. The molecule has 0 aliphatic carbocycles. The zero-order valence-corrected chi connectivity index (χ0v) is 16.8. The Morgan fingerprint density at radius 3 is 2.40 bits per heavy atom. The van der Waals surface area contributed by atoms with E-state index in [1.54, 1.807) is 45.2 Å². The van der Waals surface area contributed by atoms with Crippen LogP contribution in [0.4, 0.5) is 0 Å². The third kappa shape index (κ3) is 4.17. The largest absolute Gasteiger partial charge is 0.504 e. The normalized spacial score (nSPS) is 11.6. The maximum Gasteiger partial charge on any atom is 0.336 e. The molecule has 0 aliphatic rings. The van der Waals surface area contributed by atoms with E-state index in [2.05, 4.69) is 4.98 Å². The molecule has 0 unspecified atom stereocenters. The van der Waals surface area contributed by atoms with Crippen LogP contribution in [0.25, 0.3) is 22.0 Å². The zero-order chi connectivity index (χ0) is 22.2. The molecule has 8 nitrogen and oxygen atoms in total. The first-order chi connectivity index (χ1) is 14.0. The number of phenols is 3. The van der Waals surface area contributed by atoms with Crippen LogP contribution < -0.4 is 0 Å². The minimum atomic E-state index is -1.37. The number of rotatable bonds is 5. The molecule has 158 valence electrons. The topological polar surface area (TPSA) is 140 Å². The van der Waals surface area contributed by atoms with Gasteiger partial charge in [0.25, 0.3) is 0 Å². The van der Waals surface area contributed by atoms with E-state index in [0.29, 0.717) is 12.0 Å². The van der Waals surface area contributed by atoms with Crippen LogP contribution in [0.5, 0.6) is 17.2 Å². The lowest BCUT2D eigenvalue weighted by Crippen LogP contribution is -2.23. The number of carbonyl (C=O) groups excluding carboxylic acids is 1. The Morgan fingerprint density at radius 1 is 1.07 bits per heavy atom. The molecule has 3 aromatic rings. The Hall–Kier alpha value is -3.68. The van der Waals surface area contributed by atoms with Gasteiger partial charge in [-0.05, 0) is 56.5 Å². The summed E-state index contributed by atoms with van der Waals surface area (Å²) >= 11 is 0. The lowest BCUT2D eigenvalue weighted by molar-refractivity contribution is -0.154. The molecule has 1 aromatic heterocycles. The van der Waals surface area contributed by atoms with Gasteiger partial charge in [0.05, 0.1) is 5.56 Å². The van der Waals surface area contributed by atoms with Gasteiger partial charge in [0.2, 0.25) is 5.75 Å². The second kappa shape index (κ2) is 7.62. The molecular weight excluding hydrogens is 390 g/mol. The molecule has 0 amide bonds. The predicted octanol–water partition coefficient (Wildman–Crippen LogP) is 3.92. The molecular formula is C22H23NO7. The highest BCUT2D eigenvalue weighted by Gasteiger charge is 2.23. The second-order valence-corrected chi connectivity index (χ2v) is 7.98. The molecule has 0 radical (unpaired) electrons. The first-order valence-corrected chi connectivity index (χ1v) is 9.31. The van der Waals surface area contributed by atoms with Gasteiger partial charge in [-0.3, -0.25) is 4.79 Å². The van der Waals surface area contributed by atoms with Crippen molar-refractivity contribution in [2.75, 3.05) is 0 Å². The molecule has 0 bridgehead atoms. The van der Waals surface area contributed by atoms with E-state index >= 15 is 0 Å².